The van der Waals surface area contributed by atoms with Gasteiger partial charge < -0.3 is 4.90 Å². The Morgan fingerprint density at radius 1 is 1.38 bits per heavy atom. The average Bonchev–Trinajstić information content (AvgIpc) is 2.54. The molecule has 0 aromatic heterocycles. The van der Waals surface area contributed by atoms with Crippen molar-refractivity contribution in [3.8, 4) is 0 Å². The minimum absolute atomic E-state index is 0.132. The molecule has 5 heteroatoms. The summed E-state index contributed by atoms with van der Waals surface area (Å²) in [5.41, 5.74) is 8.91. The third-order valence-electron chi connectivity index (χ3n) is 4.28. The van der Waals surface area contributed by atoms with Crippen LogP contribution in [-0.2, 0) is 0 Å². The Hall–Kier alpha value is -1.59. The van der Waals surface area contributed by atoms with E-state index < -0.39 is 0 Å². The van der Waals surface area contributed by atoms with Gasteiger partial charge in [0.1, 0.15) is 0 Å². The number of nitrogens with zero attached hydrogens (tertiary/aromatic N) is 3. The normalized spacial score (nSPS) is 25.4. The number of allylic oxidation sites excluding steroid dienone is 4. The Morgan fingerprint density at radius 3 is 2.62 bits per heavy atom. The maximum absolute atomic E-state index is 4.28. The second kappa shape index (κ2) is 10.3. The molecular formula is C19H35N5. The largest absolute Gasteiger partial charge is 0.348 e. The van der Waals surface area contributed by atoms with E-state index in [9.17, 15) is 0 Å². The molecule has 2 atom stereocenters. The average molecular weight is 334 g/mol. The van der Waals surface area contributed by atoms with Crippen molar-refractivity contribution in [3.63, 3.8) is 0 Å². The fourth-order valence-corrected chi connectivity index (χ4v) is 2.79. The summed E-state index contributed by atoms with van der Waals surface area (Å²) in [4.78, 5) is 6.58. The maximum Gasteiger partial charge on any atom is 0.0900 e. The maximum atomic E-state index is 4.28. The van der Waals surface area contributed by atoms with Gasteiger partial charge in [-0.1, -0.05) is 30.7 Å². The van der Waals surface area contributed by atoms with Crippen molar-refractivity contribution in [1.29, 1.82) is 0 Å². The zero-order valence-corrected chi connectivity index (χ0v) is 16.4. The Balaban J connectivity index is 3.40. The van der Waals surface area contributed by atoms with Crippen LogP contribution in [0.5, 0.6) is 0 Å². The third kappa shape index (κ3) is 5.49. The van der Waals surface area contributed by atoms with Gasteiger partial charge in [0.15, 0.2) is 0 Å². The van der Waals surface area contributed by atoms with Gasteiger partial charge in [0.25, 0.3) is 0 Å². The molecule has 0 bridgehead atoms. The van der Waals surface area contributed by atoms with Gasteiger partial charge in [0.05, 0.1) is 18.1 Å². The van der Waals surface area contributed by atoms with Crippen molar-refractivity contribution in [3.05, 3.63) is 35.6 Å². The van der Waals surface area contributed by atoms with Crippen molar-refractivity contribution in [1.82, 2.24) is 20.9 Å². The smallest absolute Gasteiger partial charge is 0.0900 e. The lowest BCUT2D eigenvalue weighted by Crippen LogP contribution is -2.54. The Morgan fingerprint density at radius 2 is 2.08 bits per heavy atom. The lowest BCUT2D eigenvalue weighted by Gasteiger charge is -2.41. The molecule has 0 amide bonds. The van der Waals surface area contributed by atoms with Crippen LogP contribution in [0, 0.1) is 0 Å². The number of hydrazine groups is 2. The highest BCUT2D eigenvalue weighted by Crippen LogP contribution is 2.23. The van der Waals surface area contributed by atoms with Gasteiger partial charge in [-0.25, -0.2) is 5.43 Å². The van der Waals surface area contributed by atoms with Crippen LogP contribution in [0.15, 0.2) is 40.6 Å². The first-order valence-corrected chi connectivity index (χ1v) is 8.92. The monoisotopic (exact) mass is 333 g/mol. The lowest BCUT2D eigenvalue weighted by atomic mass is 10.0. The van der Waals surface area contributed by atoms with Crippen LogP contribution in [0.3, 0.4) is 0 Å². The molecule has 1 aliphatic rings. The first kappa shape index (κ1) is 20.5. The van der Waals surface area contributed by atoms with E-state index in [2.05, 4.69) is 84.8 Å². The molecule has 0 heterocycles. The van der Waals surface area contributed by atoms with Gasteiger partial charge in [-0.05, 0) is 46.6 Å². The summed E-state index contributed by atoms with van der Waals surface area (Å²) < 4.78 is 0. The molecule has 1 rings (SSSR count). The van der Waals surface area contributed by atoms with Crippen molar-refractivity contribution in [2.75, 3.05) is 14.1 Å². The van der Waals surface area contributed by atoms with Crippen molar-refractivity contribution in [2.45, 2.75) is 65.6 Å². The van der Waals surface area contributed by atoms with E-state index in [1.165, 1.54) is 11.3 Å². The first-order valence-electron chi connectivity index (χ1n) is 8.92. The van der Waals surface area contributed by atoms with Gasteiger partial charge in [0, 0.05) is 26.2 Å². The van der Waals surface area contributed by atoms with E-state index in [1.807, 2.05) is 20.4 Å². The van der Waals surface area contributed by atoms with Gasteiger partial charge in [0.2, 0.25) is 0 Å². The summed E-state index contributed by atoms with van der Waals surface area (Å²) in [6.07, 6.45) is 13.0. The second-order valence-electron chi connectivity index (χ2n) is 6.53. The minimum Gasteiger partial charge on any atom is -0.348 e. The first-order chi connectivity index (χ1) is 11.5. The molecule has 0 aliphatic heterocycles. The predicted molar refractivity (Wildman–Crippen MR) is 105 cm³/mol. The van der Waals surface area contributed by atoms with E-state index in [4.69, 9.17) is 0 Å². The summed E-state index contributed by atoms with van der Waals surface area (Å²) in [6.45, 7) is 11.0. The van der Waals surface area contributed by atoms with E-state index in [0.29, 0.717) is 12.1 Å². The third-order valence-corrected chi connectivity index (χ3v) is 4.28. The lowest BCUT2D eigenvalue weighted by molar-refractivity contribution is 0.130. The Labute approximate surface area is 148 Å². The number of aliphatic imine (C=N–C) groups is 1. The SMILES string of the molecule is CCC(C)N(NNC)/C1=C/C(C)=C\C/C=C/C1N(C=NC)C(C)C. The van der Waals surface area contributed by atoms with Crippen LogP contribution in [-0.4, -0.2) is 48.5 Å². The van der Waals surface area contributed by atoms with Crippen LogP contribution in [0.25, 0.3) is 0 Å². The molecule has 24 heavy (non-hydrogen) atoms. The van der Waals surface area contributed by atoms with Gasteiger partial charge in [-0.2, -0.15) is 5.53 Å². The molecule has 1 aliphatic carbocycles. The highest BCUT2D eigenvalue weighted by Gasteiger charge is 2.27. The van der Waals surface area contributed by atoms with Gasteiger partial charge in [-0.3, -0.25) is 10.0 Å². The van der Waals surface area contributed by atoms with E-state index in [0.717, 1.165) is 12.8 Å². The zero-order chi connectivity index (χ0) is 18.1. The topological polar surface area (TPSA) is 42.9 Å². The molecule has 0 radical (unpaired) electrons. The molecule has 0 aromatic carbocycles. The summed E-state index contributed by atoms with van der Waals surface area (Å²) in [7, 11) is 3.73. The van der Waals surface area contributed by atoms with Crippen molar-refractivity contribution >= 4 is 6.34 Å². The molecule has 136 valence electrons. The zero-order valence-electron chi connectivity index (χ0n) is 16.4. The number of nitrogens with one attached hydrogen (secondary N) is 2. The molecule has 2 N–H and O–H groups in total. The van der Waals surface area contributed by atoms with Gasteiger partial charge in [-0.15, -0.1) is 0 Å². The van der Waals surface area contributed by atoms with Crippen LogP contribution in [0.2, 0.25) is 0 Å². The number of hydrogen-bond donors (Lipinski definition) is 2. The predicted octanol–water partition coefficient (Wildman–Crippen LogP) is 3.25. The highest BCUT2D eigenvalue weighted by molar-refractivity contribution is 5.57. The van der Waals surface area contributed by atoms with Crippen LogP contribution in [0.1, 0.15) is 47.5 Å². The fraction of sp³-hybridized carbons (Fsp3) is 0.632. The molecule has 5 nitrogen and oxygen atoms in total. The van der Waals surface area contributed by atoms with E-state index in [-0.39, 0.29) is 6.04 Å². The van der Waals surface area contributed by atoms with Crippen LogP contribution in [0.4, 0.5) is 0 Å². The molecule has 0 fully saturated rings. The number of rotatable bonds is 8. The summed E-state index contributed by atoms with van der Waals surface area (Å²) in [5, 5.41) is 2.23. The van der Waals surface area contributed by atoms with E-state index in [1.54, 1.807) is 0 Å². The van der Waals surface area contributed by atoms with Gasteiger partial charge >= 0.3 is 0 Å². The molecular weight excluding hydrogens is 298 g/mol. The fourth-order valence-electron chi connectivity index (χ4n) is 2.79. The standard InChI is InChI=1S/C19H35N5/c1-8-17(5)24(22-21-7)19-13-16(4)11-9-10-12-18(19)23(14-20-6)15(2)3/h10-15,17-18,21-22H,8-9H2,1-7H3/b12-10+,16-11-,19-13+,20-14?. The Bertz CT molecular complexity index is 490. The summed E-state index contributed by atoms with van der Waals surface area (Å²) in [5.74, 6) is 0. The summed E-state index contributed by atoms with van der Waals surface area (Å²) >= 11 is 0. The quantitative estimate of drug-likeness (QED) is 0.310. The van der Waals surface area contributed by atoms with E-state index >= 15 is 0 Å². The summed E-state index contributed by atoms with van der Waals surface area (Å²) in [6, 6.07) is 0.843. The molecule has 0 saturated heterocycles. The second-order valence-corrected chi connectivity index (χ2v) is 6.53. The highest BCUT2D eigenvalue weighted by atomic mass is 15.7. The molecule has 0 aromatic rings. The van der Waals surface area contributed by atoms with Crippen molar-refractivity contribution < 1.29 is 0 Å². The minimum atomic E-state index is 0.132. The Kier molecular flexibility index (Phi) is 8.79. The van der Waals surface area contributed by atoms with Crippen LogP contribution < -0.4 is 11.0 Å². The molecule has 2 unspecified atom stereocenters. The van der Waals surface area contributed by atoms with Crippen LogP contribution >= 0.6 is 0 Å². The molecule has 0 spiro atoms. The number of hydrogen-bond acceptors (Lipinski definition) is 4. The molecule has 0 saturated carbocycles. The van der Waals surface area contributed by atoms with Crippen molar-refractivity contribution in [2.24, 2.45) is 4.99 Å².